The number of carboxylic acids is 1. The number of hydrogen-bond acceptors (Lipinski definition) is 4. The first-order chi connectivity index (χ1) is 7.59. The lowest BCUT2D eigenvalue weighted by Gasteiger charge is -2.06. The number of aryl methyl sites for hydroxylation is 1. The molecule has 1 aromatic carbocycles. The minimum Gasteiger partial charge on any atom is -0.478 e. The Morgan fingerprint density at radius 1 is 1.50 bits per heavy atom. The van der Waals surface area contributed by atoms with Crippen molar-refractivity contribution in [2.24, 2.45) is 0 Å². The fourth-order valence-electron chi connectivity index (χ4n) is 1.32. The van der Waals surface area contributed by atoms with Gasteiger partial charge in [0.15, 0.2) is 5.82 Å². The summed E-state index contributed by atoms with van der Waals surface area (Å²) < 4.78 is 1.35. The molecular weight excluding hydrogens is 232 g/mol. The van der Waals surface area contributed by atoms with Crippen molar-refractivity contribution in [1.29, 1.82) is 0 Å². The highest BCUT2D eigenvalue weighted by molar-refractivity contribution is 6.31. The summed E-state index contributed by atoms with van der Waals surface area (Å²) in [4.78, 5) is 11.0. The minimum atomic E-state index is -1.08. The van der Waals surface area contributed by atoms with E-state index >= 15 is 0 Å². The van der Waals surface area contributed by atoms with Crippen LogP contribution in [0.5, 0.6) is 0 Å². The highest BCUT2D eigenvalue weighted by Gasteiger charge is 2.14. The second kappa shape index (κ2) is 3.90. The molecule has 0 saturated carbocycles. The van der Waals surface area contributed by atoms with Gasteiger partial charge in [-0.1, -0.05) is 11.6 Å². The van der Waals surface area contributed by atoms with Crippen LogP contribution in [-0.4, -0.2) is 31.3 Å². The van der Waals surface area contributed by atoms with Crippen LogP contribution in [0.3, 0.4) is 0 Å². The fraction of sp³-hybridized carbons (Fsp3) is 0.111. The zero-order valence-electron chi connectivity index (χ0n) is 8.25. The van der Waals surface area contributed by atoms with Crippen LogP contribution in [0.4, 0.5) is 0 Å². The summed E-state index contributed by atoms with van der Waals surface area (Å²) in [7, 11) is 0. The van der Waals surface area contributed by atoms with Gasteiger partial charge in [0, 0.05) is 5.02 Å². The maximum atomic E-state index is 11.0. The summed E-state index contributed by atoms with van der Waals surface area (Å²) in [6, 6.07) is 4.51. The van der Waals surface area contributed by atoms with E-state index in [1.165, 1.54) is 10.7 Å². The molecule has 6 nitrogen and oxygen atoms in total. The Hall–Kier alpha value is -1.95. The summed E-state index contributed by atoms with van der Waals surface area (Å²) in [5, 5.41) is 20.3. The first kappa shape index (κ1) is 10.6. The molecule has 1 N–H and O–H groups in total. The third-order valence-electron chi connectivity index (χ3n) is 2.04. The molecule has 1 aromatic heterocycles. The molecule has 0 spiro atoms. The first-order valence-electron chi connectivity index (χ1n) is 4.38. The summed E-state index contributed by atoms with van der Waals surface area (Å²) in [5.74, 6) is -0.572. The lowest BCUT2D eigenvalue weighted by Crippen LogP contribution is -2.08. The second-order valence-electron chi connectivity index (χ2n) is 3.10. The Morgan fingerprint density at radius 3 is 2.81 bits per heavy atom. The van der Waals surface area contributed by atoms with E-state index in [1.807, 2.05) is 0 Å². The molecule has 2 rings (SSSR count). The standard InChI is InChI=1S/C9H7ClN4O2/c1-5-11-12-13-14(5)8-3-2-6(10)4-7(8)9(15)16/h2-4H,1H3,(H,15,16). The van der Waals surface area contributed by atoms with Gasteiger partial charge in [-0.05, 0) is 35.5 Å². The molecule has 0 bridgehead atoms. The number of carboxylic acid groups (broad SMARTS) is 1. The molecule has 0 aliphatic heterocycles. The van der Waals surface area contributed by atoms with Gasteiger partial charge in [-0.3, -0.25) is 0 Å². The van der Waals surface area contributed by atoms with Gasteiger partial charge in [-0.2, -0.15) is 4.68 Å². The van der Waals surface area contributed by atoms with Crippen LogP contribution in [0.25, 0.3) is 5.69 Å². The van der Waals surface area contributed by atoms with Crippen LogP contribution in [-0.2, 0) is 0 Å². The summed E-state index contributed by atoms with van der Waals surface area (Å²) >= 11 is 5.74. The molecule has 1 heterocycles. The van der Waals surface area contributed by atoms with E-state index in [1.54, 1.807) is 19.1 Å². The van der Waals surface area contributed by atoms with Gasteiger partial charge in [0.2, 0.25) is 0 Å². The van der Waals surface area contributed by atoms with Gasteiger partial charge in [0.25, 0.3) is 0 Å². The van der Waals surface area contributed by atoms with E-state index in [2.05, 4.69) is 15.5 Å². The zero-order chi connectivity index (χ0) is 11.7. The highest BCUT2D eigenvalue weighted by Crippen LogP contribution is 2.19. The lowest BCUT2D eigenvalue weighted by molar-refractivity contribution is 0.0696. The zero-order valence-corrected chi connectivity index (χ0v) is 9.01. The number of carbonyl (C=O) groups is 1. The maximum absolute atomic E-state index is 11.0. The van der Waals surface area contributed by atoms with Crippen molar-refractivity contribution in [2.75, 3.05) is 0 Å². The third-order valence-corrected chi connectivity index (χ3v) is 2.28. The average molecular weight is 239 g/mol. The molecule has 0 radical (unpaired) electrons. The summed E-state index contributed by atoms with van der Waals surface area (Å²) in [5.41, 5.74) is 0.447. The number of halogens is 1. The smallest absolute Gasteiger partial charge is 0.337 e. The molecule has 0 saturated heterocycles. The second-order valence-corrected chi connectivity index (χ2v) is 3.54. The van der Waals surface area contributed by atoms with E-state index in [9.17, 15) is 4.79 Å². The summed E-state index contributed by atoms with van der Waals surface area (Å²) in [6.07, 6.45) is 0. The van der Waals surface area contributed by atoms with Crippen LogP contribution in [0.1, 0.15) is 16.2 Å². The van der Waals surface area contributed by atoms with Crippen LogP contribution in [0.2, 0.25) is 5.02 Å². The molecule has 2 aromatic rings. The maximum Gasteiger partial charge on any atom is 0.337 e. The Labute approximate surface area is 95.5 Å². The molecule has 0 aliphatic rings. The van der Waals surface area contributed by atoms with Gasteiger partial charge in [0.05, 0.1) is 11.3 Å². The van der Waals surface area contributed by atoms with E-state index in [4.69, 9.17) is 16.7 Å². The molecule has 7 heteroatoms. The Kier molecular flexibility index (Phi) is 2.57. The number of tetrazole rings is 1. The molecule has 0 unspecified atom stereocenters. The molecule has 16 heavy (non-hydrogen) atoms. The molecule has 0 fully saturated rings. The van der Waals surface area contributed by atoms with Gasteiger partial charge in [0.1, 0.15) is 0 Å². The van der Waals surface area contributed by atoms with Gasteiger partial charge in [-0.15, -0.1) is 5.10 Å². The molecule has 82 valence electrons. The van der Waals surface area contributed by atoms with Gasteiger partial charge >= 0.3 is 5.97 Å². The van der Waals surface area contributed by atoms with Crippen molar-refractivity contribution in [3.8, 4) is 5.69 Å². The van der Waals surface area contributed by atoms with E-state index in [0.717, 1.165) is 0 Å². The molecule has 0 atom stereocenters. The molecule has 0 aliphatic carbocycles. The van der Waals surface area contributed by atoms with Crippen molar-refractivity contribution < 1.29 is 9.90 Å². The quantitative estimate of drug-likeness (QED) is 0.853. The van der Waals surface area contributed by atoms with Gasteiger partial charge in [-0.25, -0.2) is 4.79 Å². The number of benzene rings is 1. The Balaban J connectivity index is 2.65. The minimum absolute atomic E-state index is 0.0582. The van der Waals surface area contributed by atoms with Crippen LogP contribution in [0.15, 0.2) is 18.2 Å². The average Bonchev–Trinajstić information content (AvgIpc) is 2.64. The van der Waals surface area contributed by atoms with Gasteiger partial charge < -0.3 is 5.11 Å². The SMILES string of the molecule is Cc1nnnn1-c1ccc(Cl)cc1C(=O)O. The van der Waals surface area contributed by atoms with Crippen molar-refractivity contribution in [1.82, 2.24) is 20.2 Å². The third kappa shape index (κ3) is 1.74. The first-order valence-corrected chi connectivity index (χ1v) is 4.75. The monoisotopic (exact) mass is 238 g/mol. The summed E-state index contributed by atoms with van der Waals surface area (Å²) in [6.45, 7) is 1.68. The van der Waals surface area contributed by atoms with Crippen LogP contribution >= 0.6 is 11.6 Å². The van der Waals surface area contributed by atoms with E-state index < -0.39 is 5.97 Å². The van der Waals surface area contributed by atoms with Crippen LogP contribution in [0, 0.1) is 6.92 Å². The number of nitrogens with zero attached hydrogens (tertiary/aromatic N) is 4. The number of rotatable bonds is 2. The van der Waals surface area contributed by atoms with Crippen molar-refractivity contribution in [2.45, 2.75) is 6.92 Å². The molecular formula is C9H7ClN4O2. The van der Waals surface area contributed by atoms with Crippen molar-refractivity contribution in [3.63, 3.8) is 0 Å². The van der Waals surface area contributed by atoms with Crippen molar-refractivity contribution in [3.05, 3.63) is 34.6 Å². The van der Waals surface area contributed by atoms with Crippen molar-refractivity contribution >= 4 is 17.6 Å². The molecule has 0 amide bonds. The van der Waals surface area contributed by atoms with E-state index in [-0.39, 0.29) is 5.56 Å². The predicted molar refractivity (Wildman–Crippen MR) is 55.9 cm³/mol. The number of aromatic nitrogens is 4. The fourth-order valence-corrected chi connectivity index (χ4v) is 1.49. The largest absolute Gasteiger partial charge is 0.478 e. The Morgan fingerprint density at radius 2 is 2.25 bits per heavy atom. The van der Waals surface area contributed by atoms with E-state index in [0.29, 0.717) is 16.5 Å². The highest BCUT2D eigenvalue weighted by atomic mass is 35.5. The number of hydrogen-bond donors (Lipinski definition) is 1. The predicted octanol–water partition coefficient (Wildman–Crippen LogP) is 1.32. The number of aromatic carboxylic acids is 1. The lowest BCUT2D eigenvalue weighted by atomic mass is 10.2. The Bertz CT molecular complexity index is 552. The topological polar surface area (TPSA) is 80.9 Å². The van der Waals surface area contributed by atoms with Crippen LogP contribution < -0.4 is 0 Å². The normalized spacial score (nSPS) is 10.4.